The number of amides is 1. The van der Waals surface area contributed by atoms with Crippen molar-refractivity contribution in [3.63, 3.8) is 0 Å². The number of nitrogens with one attached hydrogen (secondary N) is 2. The van der Waals surface area contributed by atoms with E-state index in [1.54, 1.807) is 36.4 Å². The van der Waals surface area contributed by atoms with Gasteiger partial charge in [0.25, 0.3) is 5.91 Å². The molecule has 3 rings (SSSR count). The van der Waals surface area contributed by atoms with Gasteiger partial charge in [-0.15, -0.1) is 10.2 Å². The van der Waals surface area contributed by atoms with Crippen molar-refractivity contribution in [2.45, 2.75) is 13.5 Å². The normalized spacial score (nSPS) is 10.2. The van der Waals surface area contributed by atoms with Gasteiger partial charge in [0.15, 0.2) is 5.69 Å². The number of anilines is 2. The molecule has 0 fully saturated rings. The fourth-order valence-electron chi connectivity index (χ4n) is 2.61. The summed E-state index contributed by atoms with van der Waals surface area (Å²) in [6.45, 7) is 2.65. The molecule has 2 aromatic carbocycles. The summed E-state index contributed by atoms with van der Waals surface area (Å²) in [5, 5.41) is 13.9. The van der Waals surface area contributed by atoms with E-state index in [4.69, 9.17) is 4.74 Å². The molecule has 0 unspecified atom stereocenters. The highest BCUT2D eigenvalue weighted by molar-refractivity contribution is 6.07. The van der Waals surface area contributed by atoms with Crippen molar-refractivity contribution < 1.29 is 14.3 Å². The molecule has 0 aliphatic carbocycles. The number of methoxy groups -OCH3 is 1. The molecule has 1 aromatic heterocycles. The second kappa shape index (κ2) is 8.77. The number of para-hydroxylation sites is 1. The maximum absolute atomic E-state index is 12.4. The number of nitrogens with zero attached hydrogens (tertiary/aromatic N) is 2. The van der Waals surface area contributed by atoms with Gasteiger partial charge >= 0.3 is 5.97 Å². The molecule has 1 heterocycles. The number of hydrogen-bond donors (Lipinski definition) is 2. The molecule has 0 radical (unpaired) electrons. The minimum atomic E-state index is -0.530. The van der Waals surface area contributed by atoms with Crippen LogP contribution in [0.3, 0.4) is 0 Å². The average Bonchev–Trinajstić information content (AvgIpc) is 2.73. The smallest absolute Gasteiger partial charge is 0.339 e. The van der Waals surface area contributed by atoms with Crippen LogP contribution in [0, 0.1) is 6.92 Å². The van der Waals surface area contributed by atoms with E-state index in [0.717, 1.165) is 5.56 Å². The van der Waals surface area contributed by atoms with Gasteiger partial charge in [-0.05, 0) is 42.3 Å². The minimum absolute atomic E-state index is 0.140. The van der Waals surface area contributed by atoms with Crippen molar-refractivity contribution in [1.82, 2.24) is 10.2 Å². The van der Waals surface area contributed by atoms with Crippen LogP contribution in [-0.2, 0) is 11.3 Å². The van der Waals surface area contributed by atoms with Crippen molar-refractivity contribution in [1.29, 1.82) is 0 Å². The van der Waals surface area contributed by atoms with Crippen LogP contribution in [0.5, 0.6) is 0 Å². The Morgan fingerprint density at radius 2 is 1.71 bits per heavy atom. The molecule has 0 saturated heterocycles. The van der Waals surface area contributed by atoms with Gasteiger partial charge in [0.2, 0.25) is 0 Å². The Labute approximate surface area is 162 Å². The third-order valence-electron chi connectivity index (χ3n) is 4.20. The van der Waals surface area contributed by atoms with E-state index in [1.807, 2.05) is 31.2 Å². The highest BCUT2D eigenvalue weighted by atomic mass is 16.5. The molecule has 7 heteroatoms. The summed E-state index contributed by atoms with van der Waals surface area (Å²) in [6.07, 6.45) is 0. The topological polar surface area (TPSA) is 93.2 Å². The number of carbonyl (C=O) groups is 2. The lowest BCUT2D eigenvalue weighted by atomic mass is 10.1. The number of benzene rings is 2. The standard InChI is InChI=1S/C21H20N4O3/c1-14-7-3-4-8-15(14)13-22-19-12-11-18(24-25-19)20(26)23-17-10-6-5-9-16(17)21(27)28-2/h3-12H,13H2,1-2H3,(H,22,25)(H,23,26). The van der Waals surface area contributed by atoms with Crippen LogP contribution in [0.2, 0.25) is 0 Å². The summed E-state index contributed by atoms with van der Waals surface area (Å²) >= 11 is 0. The highest BCUT2D eigenvalue weighted by Crippen LogP contribution is 2.17. The molecule has 0 spiro atoms. The lowest BCUT2D eigenvalue weighted by Crippen LogP contribution is -2.17. The number of aromatic nitrogens is 2. The molecule has 1 amide bonds. The molecule has 0 bridgehead atoms. The third-order valence-corrected chi connectivity index (χ3v) is 4.20. The van der Waals surface area contributed by atoms with Crippen molar-refractivity contribution >= 4 is 23.4 Å². The number of esters is 1. The van der Waals surface area contributed by atoms with Crippen LogP contribution in [0.15, 0.2) is 60.7 Å². The predicted molar refractivity (Wildman–Crippen MR) is 106 cm³/mol. The van der Waals surface area contributed by atoms with E-state index in [-0.39, 0.29) is 11.3 Å². The molecule has 0 aliphatic heterocycles. The van der Waals surface area contributed by atoms with Crippen molar-refractivity contribution in [2.75, 3.05) is 17.7 Å². The Morgan fingerprint density at radius 3 is 2.43 bits per heavy atom. The maximum Gasteiger partial charge on any atom is 0.339 e. The number of ether oxygens (including phenoxy) is 1. The molecule has 3 aromatic rings. The van der Waals surface area contributed by atoms with Gasteiger partial charge in [-0.25, -0.2) is 4.79 Å². The van der Waals surface area contributed by atoms with E-state index in [0.29, 0.717) is 18.1 Å². The van der Waals surface area contributed by atoms with Crippen LogP contribution in [0.25, 0.3) is 0 Å². The minimum Gasteiger partial charge on any atom is -0.465 e. The van der Waals surface area contributed by atoms with E-state index >= 15 is 0 Å². The lowest BCUT2D eigenvalue weighted by Gasteiger charge is -2.10. The van der Waals surface area contributed by atoms with Gasteiger partial charge in [-0.1, -0.05) is 36.4 Å². The Bertz CT molecular complexity index is 987. The molecule has 7 nitrogen and oxygen atoms in total. The first kappa shape index (κ1) is 19.0. The van der Waals surface area contributed by atoms with Gasteiger partial charge in [0, 0.05) is 6.54 Å². The van der Waals surface area contributed by atoms with Gasteiger partial charge in [0.1, 0.15) is 5.82 Å². The largest absolute Gasteiger partial charge is 0.465 e. The van der Waals surface area contributed by atoms with E-state index in [2.05, 4.69) is 20.8 Å². The van der Waals surface area contributed by atoms with Crippen LogP contribution < -0.4 is 10.6 Å². The van der Waals surface area contributed by atoms with Crippen molar-refractivity contribution in [3.05, 3.63) is 83.0 Å². The van der Waals surface area contributed by atoms with E-state index < -0.39 is 11.9 Å². The summed E-state index contributed by atoms with van der Waals surface area (Å²) in [5.74, 6) is -0.429. The summed E-state index contributed by atoms with van der Waals surface area (Å²) in [4.78, 5) is 24.2. The first-order chi connectivity index (χ1) is 13.6. The summed E-state index contributed by atoms with van der Waals surface area (Å²) < 4.78 is 4.73. The highest BCUT2D eigenvalue weighted by Gasteiger charge is 2.15. The second-order valence-electron chi connectivity index (χ2n) is 6.08. The van der Waals surface area contributed by atoms with Crippen LogP contribution in [0.1, 0.15) is 32.0 Å². The fourth-order valence-corrected chi connectivity index (χ4v) is 2.61. The zero-order chi connectivity index (χ0) is 19.9. The molecule has 2 N–H and O–H groups in total. The van der Waals surface area contributed by atoms with Gasteiger partial charge in [-0.2, -0.15) is 0 Å². The first-order valence-electron chi connectivity index (χ1n) is 8.69. The number of aryl methyl sites for hydroxylation is 1. The Kier molecular flexibility index (Phi) is 5.96. The van der Waals surface area contributed by atoms with Crippen LogP contribution in [-0.4, -0.2) is 29.2 Å². The summed E-state index contributed by atoms with van der Waals surface area (Å²) in [5.41, 5.74) is 3.10. The van der Waals surface area contributed by atoms with Crippen molar-refractivity contribution in [3.8, 4) is 0 Å². The van der Waals surface area contributed by atoms with Crippen molar-refractivity contribution in [2.24, 2.45) is 0 Å². The zero-order valence-electron chi connectivity index (χ0n) is 15.6. The number of carbonyl (C=O) groups excluding carboxylic acids is 2. The molecule has 28 heavy (non-hydrogen) atoms. The van der Waals surface area contributed by atoms with Gasteiger partial charge < -0.3 is 15.4 Å². The monoisotopic (exact) mass is 376 g/mol. The fraction of sp³-hybridized carbons (Fsp3) is 0.143. The molecular formula is C21H20N4O3. The summed E-state index contributed by atoms with van der Waals surface area (Å²) in [6, 6.07) is 17.9. The van der Waals surface area contributed by atoms with Crippen LogP contribution >= 0.6 is 0 Å². The van der Waals surface area contributed by atoms with E-state index in [1.165, 1.54) is 12.7 Å². The SMILES string of the molecule is COC(=O)c1ccccc1NC(=O)c1ccc(NCc2ccccc2C)nn1. The lowest BCUT2D eigenvalue weighted by molar-refractivity contribution is 0.0602. The maximum atomic E-state index is 12.4. The Balaban J connectivity index is 1.66. The Hall–Kier alpha value is -3.74. The predicted octanol–water partition coefficient (Wildman–Crippen LogP) is 3.44. The average molecular weight is 376 g/mol. The van der Waals surface area contributed by atoms with Crippen LogP contribution in [0.4, 0.5) is 11.5 Å². The zero-order valence-corrected chi connectivity index (χ0v) is 15.6. The Morgan fingerprint density at radius 1 is 0.964 bits per heavy atom. The molecular weight excluding hydrogens is 356 g/mol. The number of hydrogen-bond acceptors (Lipinski definition) is 6. The molecule has 0 atom stereocenters. The third kappa shape index (κ3) is 4.50. The molecule has 142 valence electrons. The first-order valence-corrected chi connectivity index (χ1v) is 8.69. The van der Waals surface area contributed by atoms with Gasteiger partial charge in [0.05, 0.1) is 18.4 Å². The summed E-state index contributed by atoms with van der Waals surface area (Å²) in [7, 11) is 1.29. The van der Waals surface area contributed by atoms with Gasteiger partial charge in [-0.3, -0.25) is 4.79 Å². The second-order valence-corrected chi connectivity index (χ2v) is 6.08. The quantitative estimate of drug-likeness (QED) is 0.640. The van der Waals surface area contributed by atoms with E-state index in [9.17, 15) is 9.59 Å². The molecule has 0 aliphatic rings. The molecule has 0 saturated carbocycles. The number of rotatable bonds is 6.